The number of aromatic nitrogens is 2. The molecule has 0 aliphatic heterocycles. The molecular weight excluding hydrogens is 467 g/mol. The summed E-state index contributed by atoms with van der Waals surface area (Å²) in [6.07, 6.45) is 3.55. The predicted octanol–water partition coefficient (Wildman–Crippen LogP) is 4.99. The van der Waals surface area contributed by atoms with Gasteiger partial charge in [-0.15, -0.1) is 11.3 Å². The van der Waals surface area contributed by atoms with Crippen LogP contribution in [0.25, 0.3) is 16.9 Å². The molecule has 1 aliphatic carbocycles. The van der Waals surface area contributed by atoms with Gasteiger partial charge in [-0.25, -0.2) is 9.37 Å². The van der Waals surface area contributed by atoms with Crippen molar-refractivity contribution < 1.29 is 18.7 Å². The number of imidazole rings is 1. The molecule has 0 atom stereocenters. The summed E-state index contributed by atoms with van der Waals surface area (Å²) in [5.41, 5.74) is 2.10. The maximum absolute atomic E-state index is 13.5. The maximum atomic E-state index is 13.5. The fourth-order valence-corrected chi connectivity index (χ4v) is 4.46. The zero-order valence-electron chi connectivity index (χ0n) is 19.0. The van der Waals surface area contributed by atoms with Crippen LogP contribution in [0.5, 0.6) is 5.75 Å². The number of nitrogens with zero attached hydrogens (tertiary/aromatic N) is 3. The van der Waals surface area contributed by atoms with E-state index < -0.39 is 0 Å². The number of thiophene rings is 1. The second kappa shape index (κ2) is 9.71. The van der Waals surface area contributed by atoms with Crippen molar-refractivity contribution in [3.05, 3.63) is 82.9 Å². The highest BCUT2D eigenvalue weighted by Gasteiger charge is 2.35. The lowest BCUT2D eigenvalue weighted by molar-refractivity contribution is -0.117. The van der Waals surface area contributed by atoms with E-state index in [1.165, 1.54) is 23.5 Å². The first-order chi connectivity index (χ1) is 17.0. The van der Waals surface area contributed by atoms with Crippen molar-refractivity contribution in [1.82, 2.24) is 14.5 Å². The molecule has 4 aromatic rings. The Bertz CT molecular complexity index is 1330. The molecule has 1 aliphatic rings. The third-order valence-electron chi connectivity index (χ3n) is 5.74. The third-order valence-corrected chi connectivity index (χ3v) is 6.60. The minimum Gasteiger partial charge on any atom is -0.497 e. The highest BCUT2D eigenvalue weighted by molar-refractivity contribution is 7.12. The summed E-state index contributed by atoms with van der Waals surface area (Å²) in [5.74, 6) is 0.153. The molecule has 9 heteroatoms. The van der Waals surface area contributed by atoms with Gasteiger partial charge in [0, 0.05) is 23.5 Å². The van der Waals surface area contributed by atoms with Gasteiger partial charge in [0.25, 0.3) is 5.91 Å². The Kier molecular flexibility index (Phi) is 6.33. The highest BCUT2D eigenvalue weighted by atomic mass is 32.1. The van der Waals surface area contributed by atoms with E-state index in [0.29, 0.717) is 16.3 Å². The Morgan fingerprint density at radius 1 is 1.14 bits per heavy atom. The summed E-state index contributed by atoms with van der Waals surface area (Å²) in [6.45, 7) is -0.0739. The van der Waals surface area contributed by atoms with Crippen LogP contribution in [0.2, 0.25) is 0 Å². The van der Waals surface area contributed by atoms with Gasteiger partial charge in [-0.05, 0) is 72.8 Å². The molecule has 5 rings (SSSR count). The lowest BCUT2D eigenvalue weighted by atomic mass is 10.1. The van der Waals surface area contributed by atoms with Gasteiger partial charge < -0.3 is 9.64 Å². The molecular formula is C26H23FN4O3S. The molecule has 1 saturated carbocycles. The summed E-state index contributed by atoms with van der Waals surface area (Å²) >= 11 is 1.36. The van der Waals surface area contributed by atoms with Gasteiger partial charge in [-0.3, -0.25) is 19.5 Å². The van der Waals surface area contributed by atoms with Crippen LogP contribution in [0.4, 0.5) is 10.3 Å². The summed E-state index contributed by atoms with van der Waals surface area (Å²) in [6, 6.07) is 17.0. The number of ether oxygens (including phenoxy) is 1. The summed E-state index contributed by atoms with van der Waals surface area (Å²) in [7, 11) is 1.60. The number of hydrogen-bond donors (Lipinski definition) is 1. The maximum Gasteiger partial charge on any atom is 0.264 e. The van der Waals surface area contributed by atoms with Crippen molar-refractivity contribution in [2.45, 2.75) is 18.9 Å². The molecule has 1 N–H and O–H groups in total. The van der Waals surface area contributed by atoms with Gasteiger partial charge in [0.2, 0.25) is 11.9 Å². The number of methoxy groups -OCH3 is 1. The number of anilines is 1. The van der Waals surface area contributed by atoms with E-state index in [9.17, 15) is 14.0 Å². The molecule has 0 spiro atoms. The molecule has 178 valence electrons. The third kappa shape index (κ3) is 5.09. The highest BCUT2D eigenvalue weighted by Crippen LogP contribution is 2.30. The summed E-state index contributed by atoms with van der Waals surface area (Å²) in [4.78, 5) is 32.9. The number of benzene rings is 2. The minimum absolute atomic E-state index is 0.0713. The average molecular weight is 491 g/mol. The lowest BCUT2D eigenvalue weighted by Gasteiger charge is -2.21. The summed E-state index contributed by atoms with van der Waals surface area (Å²) < 4.78 is 20.4. The Morgan fingerprint density at radius 3 is 2.51 bits per heavy atom. The summed E-state index contributed by atoms with van der Waals surface area (Å²) in [5, 5.41) is 4.70. The van der Waals surface area contributed by atoms with E-state index in [2.05, 4.69) is 10.3 Å². The van der Waals surface area contributed by atoms with E-state index in [4.69, 9.17) is 4.74 Å². The smallest absolute Gasteiger partial charge is 0.264 e. The first-order valence-electron chi connectivity index (χ1n) is 11.2. The average Bonchev–Trinajstić information content (AvgIpc) is 3.39. The lowest BCUT2D eigenvalue weighted by Crippen LogP contribution is -2.39. The molecule has 1 fully saturated rings. The zero-order chi connectivity index (χ0) is 24.4. The topological polar surface area (TPSA) is 76.5 Å². The second-order valence-electron chi connectivity index (χ2n) is 8.21. The number of halogens is 1. The van der Waals surface area contributed by atoms with Crippen LogP contribution < -0.4 is 10.1 Å². The van der Waals surface area contributed by atoms with Gasteiger partial charge in [0.05, 0.1) is 17.7 Å². The molecule has 35 heavy (non-hydrogen) atoms. The Labute approximate surface area is 205 Å². The number of nitrogens with one attached hydrogen (secondary N) is 1. The SMILES string of the molecule is COc1ccc(-c2cn(-c3ccc(F)cc3)c(NC(=O)CN(C(=O)c3cccs3)C3CC3)n2)cc1. The van der Waals surface area contributed by atoms with Crippen LogP contribution in [0.3, 0.4) is 0 Å². The van der Waals surface area contributed by atoms with Gasteiger partial charge in [0.1, 0.15) is 18.1 Å². The van der Waals surface area contributed by atoms with E-state index in [-0.39, 0.29) is 36.2 Å². The molecule has 0 bridgehead atoms. The largest absolute Gasteiger partial charge is 0.497 e. The van der Waals surface area contributed by atoms with Crippen molar-refractivity contribution in [3.8, 4) is 22.7 Å². The molecule has 7 nitrogen and oxygen atoms in total. The second-order valence-corrected chi connectivity index (χ2v) is 9.16. The number of hydrogen-bond acceptors (Lipinski definition) is 5. The molecule has 0 saturated heterocycles. The van der Waals surface area contributed by atoms with Gasteiger partial charge in [0.15, 0.2) is 0 Å². The molecule has 2 heterocycles. The van der Waals surface area contributed by atoms with E-state index >= 15 is 0 Å². The zero-order valence-corrected chi connectivity index (χ0v) is 19.8. The fourth-order valence-electron chi connectivity index (χ4n) is 3.78. The number of carbonyl (C=O) groups is 2. The van der Waals surface area contributed by atoms with Crippen LogP contribution in [0.15, 0.2) is 72.2 Å². The Balaban J connectivity index is 1.42. The van der Waals surface area contributed by atoms with Crippen LogP contribution in [-0.4, -0.2) is 46.0 Å². The number of rotatable bonds is 8. The van der Waals surface area contributed by atoms with Crippen LogP contribution in [0, 0.1) is 5.82 Å². The van der Waals surface area contributed by atoms with Crippen LogP contribution >= 0.6 is 11.3 Å². The van der Waals surface area contributed by atoms with Crippen molar-refractivity contribution in [2.24, 2.45) is 0 Å². The molecule has 2 aromatic heterocycles. The van der Waals surface area contributed by atoms with Gasteiger partial charge >= 0.3 is 0 Å². The van der Waals surface area contributed by atoms with Crippen LogP contribution in [0.1, 0.15) is 22.5 Å². The number of carbonyl (C=O) groups excluding carboxylic acids is 2. The van der Waals surface area contributed by atoms with Gasteiger partial charge in [-0.2, -0.15) is 0 Å². The Morgan fingerprint density at radius 2 is 1.89 bits per heavy atom. The normalized spacial score (nSPS) is 12.9. The fraction of sp³-hybridized carbons (Fsp3) is 0.192. The Hall–Kier alpha value is -3.98. The minimum atomic E-state index is -0.359. The first-order valence-corrected chi connectivity index (χ1v) is 12.0. The molecule has 2 amide bonds. The van der Waals surface area contributed by atoms with E-state index in [1.54, 1.807) is 41.0 Å². The standard InChI is InChI=1S/C26H23FN4O3S/c1-34-21-12-4-17(5-13-21)22-15-31(20-8-6-18(27)7-9-20)26(28-22)29-24(32)16-30(19-10-11-19)25(33)23-3-2-14-35-23/h2-9,12-15,19H,10-11,16H2,1H3,(H,28,29,32). The van der Waals surface area contributed by atoms with E-state index in [1.807, 2.05) is 35.7 Å². The van der Waals surface area contributed by atoms with E-state index in [0.717, 1.165) is 24.2 Å². The van der Waals surface area contributed by atoms with Crippen molar-refractivity contribution in [3.63, 3.8) is 0 Å². The van der Waals surface area contributed by atoms with Crippen molar-refractivity contribution >= 4 is 29.1 Å². The van der Waals surface area contributed by atoms with Crippen LogP contribution in [-0.2, 0) is 4.79 Å². The van der Waals surface area contributed by atoms with Gasteiger partial charge in [-0.1, -0.05) is 6.07 Å². The van der Waals surface area contributed by atoms with Crippen molar-refractivity contribution in [1.29, 1.82) is 0 Å². The molecule has 2 aromatic carbocycles. The predicted molar refractivity (Wildman–Crippen MR) is 133 cm³/mol. The quantitative estimate of drug-likeness (QED) is 0.378. The van der Waals surface area contributed by atoms with Crippen molar-refractivity contribution in [2.75, 3.05) is 19.0 Å². The number of amides is 2. The molecule has 0 radical (unpaired) electrons. The first kappa shape index (κ1) is 22.8. The molecule has 0 unspecified atom stereocenters. The monoisotopic (exact) mass is 490 g/mol.